The number of hydrogen-bond donors (Lipinski definition) is 0. The Hall–Kier alpha value is -3.87. The summed E-state index contributed by atoms with van der Waals surface area (Å²) in [5.74, 6) is 3.32. The largest absolute Gasteiger partial charge is 0.292 e. The van der Waals surface area contributed by atoms with Crippen LogP contribution < -0.4 is 4.90 Å². The molecular weight excluding hydrogens is 412 g/mol. The molecule has 1 aliphatic rings. The number of aromatic nitrogens is 5. The second kappa shape index (κ2) is 8.24. The van der Waals surface area contributed by atoms with Crippen LogP contribution in [0.15, 0.2) is 54.7 Å². The number of rotatable bonds is 5. The van der Waals surface area contributed by atoms with Gasteiger partial charge >= 0.3 is 0 Å². The Kier molecular flexibility index (Phi) is 5.24. The lowest BCUT2D eigenvalue weighted by molar-refractivity contribution is -0.117. The van der Waals surface area contributed by atoms with E-state index in [1.165, 1.54) is 5.56 Å². The zero-order chi connectivity index (χ0) is 23.1. The van der Waals surface area contributed by atoms with Crippen LogP contribution in [0.5, 0.6) is 0 Å². The molecule has 1 amide bonds. The molecule has 2 aromatic heterocycles. The number of hydrogen-bond acceptors (Lipinski definition) is 5. The Morgan fingerprint density at radius 1 is 1.03 bits per heavy atom. The number of amides is 1. The highest BCUT2D eigenvalue weighted by molar-refractivity contribution is 6.00. The highest BCUT2D eigenvalue weighted by atomic mass is 16.2. The lowest BCUT2D eigenvalue weighted by Gasteiger charge is -2.18. The lowest BCUT2D eigenvalue weighted by Crippen LogP contribution is -2.26. The summed E-state index contributed by atoms with van der Waals surface area (Å²) in [6.45, 7) is 6.66. The van der Waals surface area contributed by atoms with Gasteiger partial charge in [-0.05, 0) is 24.0 Å². The van der Waals surface area contributed by atoms with Crippen LogP contribution in [0, 0.1) is 6.92 Å². The van der Waals surface area contributed by atoms with Gasteiger partial charge in [-0.25, -0.2) is 19.6 Å². The second-order valence-electron chi connectivity index (χ2n) is 8.74. The summed E-state index contributed by atoms with van der Waals surface area (Å²) in [6.07, 6.45) is 2.13. The third kappa shape index (κ3) is 3.91. The van der Waals surface area contributed by atoms with Crippen molar-refractivity contribution in [3.05, 3.63) is 77.2 Å². The van der Waals surface area contributed by atoms with Crippen molar-refractivity contribution in [1.82, 2.24) is 24.7 Å². The van der Waals surface area contributed by atoms with E-state index < -0.39 is 0 Å². The van der Waals surface area contributed by atoms with E-state index in [1.54, 1.807) is 15.8 Å². The van der Waals surface area contributed by atoms with Gasteiger partial charge < -0.3 is 0 Å². The molecule has 0 bridgehead atoms. The first-order valence-corrected chi connectivity index (χ1v) is 11.1. The number of anilines is 1. The minimum absolute atomic E-state index is 0.0431. The minimum Gasteiger partial charge on any atom is -0.292 e. The summed E-state index contributed by atoms with van der Waals surface area (Å²) in [5, 5.41) is 4.32. The molecule has 0 radical (unpaired) electrons. The highest BCUT2D eigenvalue weighted by Gasteiger charge is 2.30. The molecule has 4 aromatic rings. The Bertz CT molecular complexity index is 1340. The molecule has 0 atom stereocenters. The second-order valence-corrected chi connectivity index (χ2v) is 8.74. The van der Waals surface area contributed by atoms with Gasteiger partial charge in [0.25, 0.3) is 0 Å². The van der Waals surface area contributed by atoms with Crippen molar-refractivity contribution in [3.63, 3.8) is 0 Å². The molecule has 0 aliphatic carbocycles. The highest BCUT2D eigenvalue weighted by Crippen LogP contribution is 2.32. The predicted octanol–water partition coefficient (Wildman–Crippen LogP) is 4.46. The van der Waals surface area contributed by atoms with Gasteiger partial charge in [-0.15, -0.1) is 0 Å². The number of fused-ring (bicyclic) bond motifs is 1. The van der Waals surface area contributed by atoms with E-state index in [0.717, 1.165) is 33.9 Å². The SMILES string of the molecule is Cc1nc(-c2ccc(CN3C(=O)Cc4cnc(-c5ccccc5C(C)C)nc43)cc2)n(C)n1. The van der Waals surface area contributed by atoms with Gasteiger partial charge in [0.2, 0.25) is 5.91 Å². The molecule has 3 heterocycles. The molecule has 166 valence electrons. The number of carbonyl (C=O) groups excluding carboxylic acids is 1. The van der Waals surface area contributed by atoms with Gasteiger partial charge in [-0.2, -0.15) is 5.10 Å². The maximum absolute atomic E-state index is 12.8. The van der Waals surface area contributed by atoms with Crippen molar-refractivity contribution in [2.45, 2.75) is 39.7 Å². The average molecular weight is 439 g/mol. The molecule has 0 unspecified atom stereocenters. The van der Waals surface area contributed by atoms with Gasteiger partial charge in [-0.1, -0.05) is 62.4 Å². The van der Waals surface area contributed by atoms with Crippen molar-refractivity contribution in [2.75, 3.05) is 4.90 Å². The first-order valence-electron chi connectivity index (χ1n) is 11.1. The monoisotopic (exact) mass is 438 g/mol. The van der Waals surface area contributed by atoms with Crippen LogP contribution in [0.2, 0.25) is 0 Å². The quantitative estimate of drug-likeness (QED) is 0.460. The Labute approximate surface area is 193 Å². The van der Waals surface area contributed by atoms with Crippen LogP contribution in [0.25, 0.3) is 22.8 Å². The first-order chi connectivity index (χ1) is 15.9. The van der Waals surface area contributed by atoms with Crippen molar-refractivity contribution in [2.24, 2.45) is 7.05 Å². The molecule has 0 N–H and O–H groups in total. The molecule has 1 aliphatic heterocycles. The number of nitrogens with zero attached hydrogens (tertiary/aromatic N) is 6. The predicted molar refractivity (Wildman–Crippen MR) is 128 cm³/mol. The van der Waals surface area contributed by atoms with Gasteiger partial charge in [0.05, 0.1) is 13.0 Å². The lowest BCUT2D eigenvalue weighted by atomic mass is 9.97. The molecule has 33 heavy (non-hydrogen) atoms. The summed E-state index contributed by atoms with van der Waals surface area (Å²) >= 11 is 0. The van der Waals surface area contributed by atoms with Gasteiger partial charge in [-0.3, -0.25) is 9.69 Å². The topological polar surface area (TPSA) is 76.8 Å². The zero-order valence-electron chi connectivity index (χ0n) is 19.3. The van der Waals surface area contributed by atoms with E-state index in [-0.39, 0.29) is 5.91 Å². The zero-order valence-corrected chi connectivity index (χ0v) is 19.3. The molecule has 0 saturated carbocycles. The first kappa shape index (κ1) is 21.0. The van der Waals surface area contributed by atoms with Crippen LogP contribution in [0.3, 0.4) is 0 Å². The Balaban J connectivity index is 1.44. The normalized spacial score (nSPS) is 13.1. The Morgan fingerprint density at radius 3 is 2.48 bits per heavy atom. The smallest absolute Gasteiger partial charge is 0.233 e. The summed E-state index contributed by atoms with van der Waals surface area (Å²) in [5.41, 5.74) is 5.10. The maximum atomic E-state index is 12.8. The van der Waals surface area contributed by atoms with Crippen LogP contribution in [0.4, 0.5) is 5.82 Å². The minimum atomic E-state index is 0.0431. The van der Waals surface area contributed by atoms with Crippen LogP contribution in [-0.2, 0) is 24.8 Å². The number of aryl methyl sites for hydroxylation is 2. The summed E-state index contributed by atoms with van der Waals surface area (Å²) < 4.78 is 1.78. The summed E-state index contributed by atoms with van der Waals surface area (Å²) in [7, 11) is 1.89. The van der Waals surface area contributed by atoms with E-state index >= 15 is 0 Å². The van der Waals surface area contributed by atoms with Gasteiger partial charge in [0, 0.05) is 29.9 Å². The molecule has 0 saturated heterocycles. The third-order valence-electron chi connectivity index (χ3n) is 5.99. The van der Waals surface area contributed by atoms with Crippen molar-refractivity contribution in [1.29, 1.82) is 0 Å². The fourth-order valence-electron chi connectivity index (χ4n) is 4.34. The van der Waals surface area contributed by atoms with Crippen LogP contribution in [-0.4, -0.2) is 30.6 Å². The molecular formula is C26H26N6O. The summed E-state index contributed by atoms with van der Waals surface area (Å²) in [6, 6.07) is 16.3. The van der Waals surface area contributed by atoms with Crippen molar-refractivity contribution >= 4 is 11.7 Å². The van der Waals surface area contributed by atoms with Gasteiger partial charge in [0.15, 0.2) is 11.6 Å². The number of benzene rings is 2. The van der Waals surface area contributed by atoms with E-state index in [4.69, 9.17) is 4.98 Å². The van der Waals surface area contributed by atoms with E-state index in [0.29, 0.717) is 30.5 Å². The maximum Gasteiger partial charge on any atom is 0.233 e. The fraction of sp³-hybridized carbons (Fsp3) is 0.269. The van der Waals surface area contributed by atoms with E-state index in [1.807, 2.05) is 56.4 Å². The third-order valence-corrected chi connectivity index (χ3v) is 5.99. The van der Waals surface area contributed by atoms with E-state index in [2.05, 4.69) is 35.0 Å². The summed E-state index contributed by atoms with van der Waals surface area (Å²) in [4.78, 5) is 28.5. The van der Waals surface area contributed by atoms with E-state index in [9.17, 15) is 4.79 Å². The standard InChI is InChI=1S/C26H26N6O/c1-16(2)21-7-5-6-8-22(21)24-27-14-20-13-23(33)32(26(20)29-24)15-18-9-11-19(12-10-18)25-28-17(3)30-31(25)4/h5-12,14,16H,13,15H2,1-4H3. The van der Waals surface area contributed by atoms with Gasteiger partial charge in [0.1, 0.15) is 11.6 Å². The molecule has 0 fully saturated rings. The average Bonchev–Trinajstić information content (AvgIpc) is 3.31. The molecule has 7 nitrogen and oxygen atoms in total. The fourth-order valence-corrected chi connectivity index (χ4v) is 4.34. The van der Waals surface area contributed by atoms with Crippen molar-refractivity contribution in [3.8, 4) is 22.8 Å². The molecule has 2 aromatic carbocycles. The molecule has 0 spiro atoms. The number of carbonyl (C=O) groups is 1. The van der Waals surface area contributed by atoms with Crippen molar-refractivity contribution < 1.29 is 4.79 Å². The van der Waals surface area contributed by atoms with Crippen LogP contribution >= 0.6 is 0 Å². The molecule has 5 rings (SSSR count). The Morgan fingerprint density at radius 2 is 1.79 bits per heavy atom. The molecule has 7 heteroatoms. The van der Waals surface area contributed by atoms with Crippen LogP contribution in [0.1, 0.15) is 42.3 Å².